The minimum absolute atomic E-state index is 0.152. The second-order valence-electron chi connectivity index (χ2n) is 5.05. The number of fused-ring (bicyclic) bond motifs is 1. The lowest BCUT2D eigenvalue weighted by Crippen LogP contribution is -2.13. The summed E-state index contributed by atoms with van der Waals surface area (Å²) in [6.45, 7) is 2.13. The van der Waals surface area contributed by atoms with E-state index < -0.39 is 0 Å². The van der Waals surface area contributed by atoms with E-state index in [2.05, 4.69) is 62.7 Å². The molecule has 2 fully saturated rings. The molecule has 0 aromatic carbocycles. The molecule has 0 radical (unpaired) electrons. The zero-order valence-corrected chi connectivity index (χ0v) is 14.8. The van der Waals surface area contributed by atoms with Gasteiger partial charge >= 0.3 is 0 Å². The Bertz CT molecular complexity index is 422. The van der Waals surface area contributed by atoms with Gasteiger partial charge in [0.25, 0.3) is 0 Å². The van der Waals surface area contributed by atoms with Gasteiger partial charge in [0.2, 0.25) is 0 Å². The summed E-state index contributed by atoms with van der Waals surface area (Å²) < 4.78 is 13.2. The van der Waals surface area contributed by atoms with E-state index in [-0.39, 0.29) is 18.3 Å². The van der Waals surface area contributed by atoms with Gasteiger partial charge in [-0.1, -0.05) is 57.0 Å². The molecule has 4 heteroatoms. The maximum absolute atomic E-state index is 6.05. The largest absolute Gasteiger partial charge is 0.372 e. The normalized spacial score (nSPS) is 33.2. The van der Waals surface area contributed by atoms with Crippen LogP contribution in [0.5, 0.6) is 0 Å². The van der Waals surface area contributed by atoms with Crippen molar-refractivity contribution in [3.05, 3.63) is 39.5 Å². The van der Waals surface area contributed by atoms with Crippen molar-refractivity contribution in [3.63, 3.8) is 0 Å². The highest BCUT2D eigenvalue weighted by atomic mass is 79.9. The molecule has 2 heterocycles. The van der Waals surface area contributed by atoms with Crippen LogP contribution in [-0.4, -0.2) is 24.4 Å². The molecule has 0 aliphatic carbocycles. The first kappa shape index (κ1) is 16.3. The molecule has 110 valence electrons. The Kier molecular flexibility index (Phi) is 6.79. The second kappa shape index (κ2) is 8.35. The van der Waals surface area contributed by atoms with Crippen molar-refractivity contribution < 1.29 is 9.47 Å². The van der Waals surface area contributed by atoms with Crippen LogP contribution >= 0.6 is 31.9 Å². The summed E-state index contributed by atoms with van der Waals surface area (Å²) in [7, 11) is 0. The van der Waals surface area contributed by atoms with E-state index in [1.165, 1.54) is 4.48 Å². The summed E-state index contributed by atoms with van der Waals surface area (Å²) in [4.78, 5) is 1.72. The molecule has 2 nitrogen and oxygen atoms in total. The third-order valence-electron chi connectivity index (χ3n) is 3.59. The molecular weight excluding hydrogens is 384 g/mol. The van der Waals surface area contributed by atoms with Crippen molar-refractivity contribution in [3.8, 4) is 0 Å². The molecule has 2 rings (SSSR count). The molecule has 4 unspecified atom stereocenters. The molecule has 0 aromatic heterocycles. The summed E-state index contributed by atoms with van der Waals surface area (Å²) >= 11 is 6.71. The van der Waals surface area contributed by atoms with E-state index in [9.17, 15) is 0 Å². The maximum Gasteiger partial charge on any atom is 0.0871 e. The fraction of sp³-hybridized carbons (Fsp3) is 0.562. The van der Waals surface area contributed by atoms with Gasteiger partial charge in [-0.15, -0.1) is 5.73 Å². The molecule has 0 bridgehead atoms. The molecule has 0 spiro atoms. The number of allylic oxidation sites excluding steroid dienone is 3. The van der Waals surface area contributed by atoms with E-state index in [4.69, 9.17) is 9.47 Å². The topological polar surface area (TPSA) is 18.5 Å². The highest BCUT2D eigenvalue weighted by Crippen LogP contribution is 2.35. The van der Waals surface area contributed by atoms with Gasteiger partial charge in [0, 0.05) is 17.8 Å². The smallest absolute Gasteiger partial charge is 0.0871 e. The van der Waals surface area contributed by atoms with Gasteiger partial charge in [0.15, 0.2) is 0 Å². The summed E-state index contributed by atoms with van der Waals surface area (Å²) in [6.07, 6.45) is 13.2. The van der Waals surface area contributed by atoms with Gasteiger partial charge in [-0.3, -0.25) is 0 Å². The van der Waals surface area contributed by atoms with Crippen molar-refractivity contribution in [2.75, 3.05) is 0 Å². The van der Waals surface area contributed by atoms with Gasteiger partial charge in [-0.05, 0) is 23.4 Å². The third-order valence-corrected chi connectivity index (χ3v) is 4.68. The lowest BCUT2D eigenvalue weighted by Gasteiger charge is -2.11. The number of ether oxygens (including phenoxy) is 2. The Morgan fingerprint density at radius 3 is 2.80 bits per heavy atom. The minimum atomic E-state index is 0.152. The van der Waals surface area contributed by atoms with E-state index in [1.54, 1.807) is 4.99 Å². The predicted octanol–water partition coefficient (Wildman–Crippen LogP) is 5.00. The second-order valence-corrected chi connectivity index (χ2v) is 6.53. The first-order valence-corrected chi connectivity index (χ1v) is 8.77. The molecule has 0 aromatic rings. The van der Waals surface area contributed by atoms with E-state index in [0.717, 1.165) is 25.7 Å². The Morgan fingerprint density at radius 2 is 2.10 bits per heavy atom. The van der Waals surface area contributed by atoms with Crippen molar-refractivity contribution in [1.29, 1.82) is 0 Å². The molecule has 0 N–H and O–H groups in total. The van der Waals surface area contributed by atoms with Gasteiger partial charge in [-0.25, -0.2) is 0 Å². The van der Waals surface area contributed by atoms with Crippen LogP contribution in [0.15, 0.2) is 39.5 Å². The van der Waals surface area contributed by atoms with Gasteiger partial charge in [-0.2, -0.15) is 0 Å². The fourth-order valence-electron chi connectivity index (χ4n) is 2.58. The molecule has 2 aliphatic rings. The van der Waals surface area contributed by atoms with Crippen molar-refractivity contribution in [2.24, 2.45) is 0 Å². The summed E-state index contributed by atoms with van der Waals surface area (Å²) in [5, 5.41) is 0. The lowest BCUT2D eigenvalue weighted by molar-refractivity contribution is 0.0388. The van der Waals surface area contributed by atoms with Crippen LogP contribution < -0.4 is 0 Å². The molecule has 0 saturated carbocycles. The van der Waals surface area contributed by atoms with Gasteiger partial charge < -0.3 is 9.47 Å². The Balaban J connectivity index is 1.75. The monoisotopic (exact) mass is 402 g/mol. The highest BCUT2D eigenvalue weighted by Gasteiger charge is 2.42. The van der Waals surface area contributed by atoms with E-state index >= 15 is 0 Å². The molecular formula is C16H20Br2O2. The SMILES string of the molecule is CCC(Br)=CC=CCC1CC2OC(C=C=CBr)CC2O1. The predicted molar refractivity (Wildman–Crippen MR) is 89.2 cm³/mol. The quantitative estimate of drug-likeness (QED) is 0.475. The number of hydrogen-bond acceptors (Lipinski definition) is 2. The summed E-state index contributed by atoms with van der Waals surface area (Å²) in [5.74, 6) is 0. The number of rotatable bonds is 5. The fourth-order valence-corrected chi connectivity index (χ4v) is 2.89. The van der Waals surface area contributed by atoms with Crippen molar-refractivity contribution >= 4 is 31.9 Å². The molecule has 2 aliphatic heterocycles. The summed E-state index contributed by atoms with van der Waals surface area (Å²) in [6, 6.07) is 0. The molecule has 20 heavy (non-hydrogen) atoms. The van der Waals surface area contributed by atoms with Crippen LogP contribution in [0.1, 0.15) is 32.6 Å². The molecule has 4 atom stereocenters. The van der Waals surface area contributed by atoms with Crippen LogP contribution in [0, 0.1) is 0 Å². The van der Waals surface area contributed by atoms with Crippen LogP contribution in [0.4, 0.5) is 0 Å². The first-order chi connectivity index (χ1) is 9.72. The van der Waals surface area contributed by atoms with Crippen LogP contribution in [-0.2, 0) is 9.47 Å². The molecule has 2 saturated heterocycles. The van der Waals surface area contributed by atoms with E-state index in [0.29, 0.717) is 6.10 Å². The zero-order chi connectivity index (χ0) is 14.4. The third kappa shape index (κ3) is 4.71. The van der Waals surface area contributed by atoms with Crippen molar-refractivity contribution in [1.82, 2.24) is 0 Å². The average molecular weight is 404 g/mol. The Labute approximate surface area is 137 Å². The zero-order valence-electron chi connectivity index (χ0n) is 11.6. The molecule has 0 amide bonds. The minimum Gasteiger partial charge on any atom is -0.372 e. The highest BCUT2D eigenvalue weighted by molar-refractivity contribution is 9.11. The standard InChI is InChI=1S/C16H20Br2O2/c1-2-12(18)6-3-4-7-13-10-15-16(19-13)11-14(20-15)8-5-9-17/h3-4,6,8-9,13-16H,2,7,10-11H2,1H3. The number of halogens is 2. The maximum atomic E-state index is 6.05. The van der Waals surface area contributed by atoms with Crippen LogP contribution in [0.2, 0.25) is 0 Å². The van der Waals surface area contributed by atoms with Crippen LogP contribution in [0.3, 0.4) is 0 Å². The van der Waals surface area contributed by atoms with Crippen molar-refractivity contribution in [2.45, 2.75) is 57.0 Å². The van der Waals surface area contributed by atoms with Gasteiger partial charge in [0.05, 0.1) is 24.4 Å². The van der Waals surface area contributed by atoms with Crippen LogP contribution in [0.25, 0.3) is 0 Å². The van der Waals surface area contributed by atoms with E-state index in [1.807, 2.05) is 6.08 Å². The van der Waals surface area contributed by atoms with Gasteiger partial charge in [0.1, 0.15) is 0 Å². The Hall–Kier alpha value is -0.120. The number of hydrogen-bond donors (Lipinski definition) is 0. The first-order valence-electron chi connectivity index (χ1n) is 7.06. The Morgan fingerprint density at radius 1 is 1.30 bits per heavy atom. The lowest BCUT2D eigenvalue weighted by atomic mass is 10.1. The average Bonchev–Trinajstić information content (AvgIpc) is 2.98. The summed E-state index contributed by atoms with van der Waals surface area (Å²) in [5.41, 5.74) is 3.01.